The van der Waals surface area contributed by atoms with Gasteiger partial charge >= 0.3 is 0 Å². The molecule has 0 spiro atoms. The van der Waals surface area contributed by atoms with Crippen molar-refractivity contribution >= 4 is 23.4 Å². The molecule has 28 heavy (non-hydrogen) atoms. The van der Waals surface area contributed by atoms with Crippen molar-refractivity contribution in [1.82, 2.24) is 15.2 Å². The molecule has 0 atom stereocenters. The van der Waals surface area contributed by atoms with Crippen molar-refractivity contribution in [2.45, 2.75) is 19.0 Å². The number of ether oxygens (including phenoxy) is 2. The summed E-state index contributed by atoms with van der Waals surface area (Å²) in [5.74, 6) is 1.99. The van der Waals surface area contributed by atoms with Gasteiger partial charge in [-0.05, 0) is 26.0 Å². The van der Waals surface area contributed by atoms with Gasteiger partial charge in [-0.1, -0.05) is 42.1 Å². The third-order valence-electron chi connectivity index (χ3n) is 3.67. The van der Waals surface area contributed by atoms with Gasteiger partial charge in [-0.2, -0.15) is 0 Å². The third kappa shape index (κ3) is 5.26. The number of rotatable bonds is 9. The highest BCUT2D eigenvalue weighted by atomic mass is 32.2. The van der Waals surface area contributed by atoms with E-state index in [2.05, 4.69) is 20.5 Å². The van der Waals surface area contributed by atoms with E-state index in [1.165, 1.54) is 11.8 Å². The quantitative estimate of drug-likeness (QED) is 0.530. The van der Waals surface area contributed by atoms with E-state index in [9.17, 15) is 4.79 Å². The molecule has 146 valence electrons. The first kappa shape index (κ1) is 19.8. The standard InChI is InChI=1S/C20H22N4O3S/c1-3-26-16-11-10-15(12-17(16)27-4-2)21-18(25)13-28-20-22-19(23-24-20)14-8-6-5-7-9-14/h5-12H,3-4,13H2,1-2H3,(H,21,25)(H,22,23,24). The lowest BCUT2D eigenvalue weighted by Crippen LogP contribution is -2.14. The average Bonchev–Trinajstić information content (AvgIpc) is 3.19. The van der Waals surface area contributed by atoms with Gasteiger partial charge < -0.3 is 14.8 Å². The second kappa shape index (κ2) is 9.80. The van der Waals surface area contributed by atoms with Gasteiger partial charge in [-0.25, -0.2) is 4.98 Å². The van der Waals surface area contributed by atoms with Crippen molar-refractivity contribution in [3.63, 3.8) is 0 Å². The molecule has 8 heteroatoms. The normalized spacial score (nSPS) is 10.5. The van der Waals surface area contributed by atoms with Gasteiger partial charge in [-0.3, -0.25) is 9.89 Å². The van der Waals surface area contributed by atoms with Crippen molar-refractivity contribution in [3.05, 3.63) is 48.5 Å². The number of benzene rings is 2. The Bertz CT molecular complexity index is 915. The van der Waals surface area contributed by atoms with Crippen LogP contribution < -0.4 is 14.8 Å². The Labute approximate surface area is 167 Å². The molecule has 3 aromatic rings. The number of thioether (sulfide) groups is 1. The number of carbonyl (C=O) groups excluding carboxylic acids is 1. The van der Waals surface area contributed by atoms with E-state index in [0.29, 0.717) is 41.4 Å². The Hall–Kier alpha value is -3.00. The first-order valence-electron chi connectivity index (χ1n) is 8.99. The number of nitrogens with one attached hydrogen (secondary N) is 2. The van der Waals surface area contributed by atoms with Crippen LogP contribution in [0, 0.1) is 0 Å². The van der Waals surface area contributed by atoms with E-state index >= 15 is 0 Å². The summed E-state index contributed by atoms with van der Waals surface area (Å²) in [5.41, 5.74) is 1.60. The minimum absolute atomic E-state index is 0.150. The first-order valence-corrected chi connectivity index (χ1v) is 9.98. The molecule has 0 aliphatic carbocycles. The van der Waals surface area contributed by atoms with Gasteiger partial charge in [0, 0.05) is 17.3 Å². The zero-order valence-electron chi connectivity index (χ0n) is 15.8. The smallest absolute Gasteiger partial charge is 0.234 e. The van der Waals surface area contributed by atoms with Gasteiger partial charge in [0.1, 0.15) is 0 Å². The largest absolute Gasteiger partial charge is 0.490 e. The molecule has 0 unspecified atom stereocenters. The van der Waals surface area contributed by atoms with Gasteiger partial charge in [0.05, 0.1) is 19.0 Å². The predicted octanol–water partition coefficient (Wildman–Crippen LogP) is 4.00. The number of hydrogen-bond donors (Lipinski definition) is 2. The molecule has 7 nitrogen and oxygen atoms in total. The van der Waals surface area contributed by atoms with Gasteiger partial charge in [0.2, 0.25) is 11.1 Å². The number of H-pyrrole nitrogens is 1. The van der Waals surface area contributed by atoms with Crippen LogP contribution in [0.3, 0.4) is 0 Å². The highest BCUT2D eigenvalue weighted by Gasteiger charge is 2.11. The second-order valence-corrected chi connectivity index (χ2v) is 6.64. The number of aromatic amines is 1. The Morgan fingerprint density at radius 1 is 1.07 bits per heavy atom. The van der Waals surface area contributed by atoms with Gasteiger partial charge in [0.15, 0.2) is 17.3 Å². The molecule has 2 aromatic carbocycles. The van der Waals surface area contributed by atoms with Crippen molar-refractivity contribution in [2.75, 3.05) is 24.3 Å². The highest BCUT2D eigenvalue weighted by molar-refractivity contribution is 7.99. The molecule has 1 aromatic heterocycles. The predicted molar refractivity (Wildman–Crippen MR) is 110 cm³/mol. The molecular weight excluding hydrogens is 376 g/mol. The number of amides is 1. The lowest BCUT2D eigenvalue weighted by molar-refractivity contribution is -0.113. The fourth-order valence-electron chi connectivity index (χ4n) is 2.49. The number of hydrogen-bond acceptors (Lipinski definition) is 6. The summed E-state index contributed by atoms with van der Waals surface area (Å²) in [6.07, 6.45) is 0. The summed E-state index contributed by atoms with van der Waals surface area (Å²) in [6.45, 7) is 4.87. The van der Waals surface area contributed by atoms with Crippen LogP contribution in [0.25, 0.3) is 11.4 Å². The van der Waals surface area contributed by atoms with Crippen molar-refractivity contribution in [1.29, 1.82) is 0 Å². The lowest BCUT2D eigenvalue weighted by Gasteiger charge is -2.12. The van der Waals surface area contributed by atoms with E-state index < -0.39 is 0 Å². The number of carbonyl (C=O) groups is 1. The molecular formula is C20H22N4O3S. The minimum atomic E-state index is -0.150. The maximum atomic E-state index is 12.3. The zero-order chi connectivity index (χ0) is 19.8. The summed E-state index contributed by atoms with van der Waals surface area (Å²) in [5, 5.41) is 10.4. The van der Waals surface area contributed by atoms with Crippen LogP contribution in [0.1, 0.15) is 13.8 Å². The van der Waals surface area contributed by atoms with Crippen molar-refractivity contribution in [2.24, 2.45) is 0 Å². The maximum Gasteiger partial charge on any atom is 0.234 e. The first-order chi connectivity index (χ1) is 13.7. The number of aromatic nitrogens is 3. The molecule has 0 aliphatic heterocycles. The van der Waals surface area contributed by atoms with E-state index in [4.69, 9.17) is 9.47 Å². The van der Waals surface area contributed by atoms with Gasteiger partial charge in [-0.15, -0.1) is 5.10 Å². The van der Waals surface area contributed by atoms with Crippen molar-refractivity contribution < 1.29 is 14.3 Å². The topological polar surface area (TPSA) is 89.1 Å². The van der Waals surface area contributed by atoms with Crippen LogP contribution in [-0.2, 0) is 4.79 Å². The summed E-state index contributed by atoms with van der Waals surface area (Å²) in [7, 11) is 0. The van der Waals surface area contributed by atoms with E-state index in [1.54, 1.807) is 18.2 Å². The molecule has 0 fully saturated rings. The maximum absolute atomic E-state index is 12.3. The third-order valence-corrected chi connectivity index (χ3v) is 4.52. The van der Waals surface area contributed by atoms with Gasteiger partial charge in [0.25, 0.3) is 0 Å². The fourth-order valence-corrected chi connectivity index (χ4v) is 3.09. The molecule has 0 saturated carbocycles. The summed E-state index contributed by atoms with van der Waals surface area (Å²) in [6, 6.07) is 15.0. The lowest BCUT2D eigenvalue weighted by atomic mass is 10.2. The van der Waals surface area contributed by atoms with E-state index in [-0.39, 0.29) is 11.7 Å². The minimum Gasteiger partial charge on any atom is -0.490 e. The molecule has 0 saturated heterocycles. The monoisotopic (exact) mass is 398 g/mol. The summed E-state index contributed by atoms with van der Waals surface area (Å²) < 4.78 is 11.1. The zero-order valence-corrected chi connectivity index (χ0v) is 16.6. The molecule has 0 aliphatic rings. The van der Waals surface area contributed by atoms with Crippen LogP contribution in [-0.4, -0.2) is 40.1 Å². The number of nitrogens with zero attached hydrogens (tertiary/aromatic N) is 2. The van der Waals surface area contributed by atoms with Crippen LogP contribution in [0.15, 0.2) is 53.7 Å². The molecule has 1 heterocycles. The molecule has 0 bridgehead atoms. The van der Waals surface area contributed by atoms with Crippen LogP contribution in [0.5, 0.6) is 11.5 Å². The molecule has 2 N–H and O–H groups in total. The van der Waals surface area contributed by atoms with E-state index in [1.807, 2.05) is 44.2 Å². The Kier molecular flexibility index (Phi) is 6.91. The Balaban J connectivity index is 1.57. The fraction of sp³-hybridized carbons (Fsp3) is 0.250. The Morgan fingerprint density at radius 2 is 1.82 bits per heavy atom. The van der Waals surface area contributed by atoms with E-state index in [0.717, 1.165) is 5.56 Å². The average molecular weight is 398 g/mol. The summed E-state index contributed by atoms with van der Waals surface area (Å²) >= 11 is 1.27. The molecule has 1 amide bonds. The van der Waals surface area contributed by atoms with Crippen LogP contribution in [0.2, 0.25) is 0 Å². The Morgan fingerprint density at radius 3 is 2.57 bits per heavy atom. The number of anilines is 1. The van der Waals surface area contributed by atoms with Crippen LogP contribution >= 0.6 is 11.8 Å². The van der Waals surface area contributed by atoms with Crippen LogP contribution in [0.4, 0.5) is 5.69 Å². The van der Waals surface area contributed by atoms with Crippen molar-refractivity contribution in [3.8, 4) is 22.9 Å². The molecule has 3 rings (SSSR count). The summed E-state index contributed by atoms with van der Waals surface area (Å²) in [4.78, 5) is 16.7. The highest BCUT2D eigenvalue weighted by Crippen LogP contribution is 2.30. The molecule has 0 radical (unpaired) electrons. The SMILES string of the molecule is CCOc1ccc(NC(=O)CSc2n[nH]c(-c3ccccc3)n2)cc1OCC. The second-order valence-electron chi connectivity index (χ2n) is 5.70.